The maximum absolute atomic E-state index is 14.6. The molecule has 7 heteroatoms. The Hall–Kier alpha value is -3.48. The zero-order valence-electron chi connectivity index (χ0n) is 20.4. The third kappa shape index (κ3) is 2.53. The number of nitrogens with zero attached hydrogens (tertiary/aromatic N) is 1. The van der Waals surface area contributed by atoms with E-state index in [4.69, 9.17) is 11.6 Å². The standard InChI is InChI=1S/C30H26ClN3O3/c1-2-17-9-7-12-20-25(17)33-28(37)30(20)29(19-11-4-6-14-22(19)32-27(29)36)24(23-15-8-16-34(23)30)26(35)18-10-3-5-13-21(18)31/h3-7,9-14,23-24H,2,8,15-16H2,1H3,(H,32,36)(H,33,37)/t23-,24-,29+,30+/m0/s1. The van der Waals surface area contributed by atoms with Crippen LogP contribution in [-0.4, -0.2) is 35.1 Å². The molecule has 4 aliphatic heterocycles. The van der Waals surface area contributed by atoms with E-state index in [1.54, 1.807) is 24.3 Å². The molecule has 0 unspecified atom stereocenters. The molecule has 4 aliphatic rings. The van der Waals surface area contributed by atoms with Crippen LogP contribution in [0.4, 0.5) is 11.4 Å². The zero-order valence-corrected chi connectivity index (χ0v) is 21.1. The minimum Gasteiger partial charge on any atom is -0.325 e. The molecule has 0 saturated carbocycles. The van der Waals surface area contributed by atoms with E-state index in [-0.39, 0.29) is 23.6 Å². The van der Waals surface area contributed by atoms with Gasteiger partial charge in [-0.1, -0.05) is 67.1 Å². The van der Waals surface area contributed by atoms with E-state index in [9.17, 15) is 14.4 Å². The van der Waals surface area contributed by atoms with Gasteiger partial charge in [-0.2, -0.15) is 0 Å². The molecule has 37 heavy (non-hydrogen) atoms. The van der Waals surface area contributed by atoms with Crippen LogP contribution >= 0.6 is 11.6 Å². The molecular formula is C30H26ClN3O3. The summed E-state index contributed by atoms with van der Waals surface area (Å²) in [5.41, 5.74) is 1.49. The van der Waals surface area contributed by atoms with Crippen LogP contribution in [0.25, 0.3) is 0 Å². The number of hydrogen-bond donors (Lipinski definition) is 2. The molecule has 2 spiro atoms. The fourth-order valence-corrected chi connectivity index (χ4v) is 8.02. The van der Waals surface area contributed by atoms with Gasteiger partial charge in [-0.15, -0.1) is 0 Å². The number of nitrogens with one attached hydrogen (secondary N) is 2. The van der Waals surface area contributed by atoms with Crippen LogP contribution < -0.4 is 10.6 Å². The minimum absolute atomic E-state index is 0.195. The van der Waals surface area contributed by atoms with Crippen LogP contribution in [0.15, 0.2) is 66.7 Å². The quantitative estimate of drug-likeness (QED) is 0.489. The molecule has 3 aromatic rings. The predicted octanol–water partition coefficient (Wildman–Crippen LogP) is 4.92. The molecule has 2 saturated heterocycles. The number of para-hydroxylation sites is 2. The summed E-state index contributed by atoms with van der Waals surface area (Å²) < 4.78 is 0. The maximum atomic E-state index is 14.6. The van der Waals surface area contributed by atoms with Crippen LogP contribution in [0.3, 0.4) is 0 Å². The summed E-state index contributed by atoms with van der Waals surface area (Å²) >= 11 is 6.56. The normalized spacial score (nSPS) is 29.4. The van der Waals surface area contributed by atoms with Crippen molar-refractivity contribution in [3.05, 3.63) is 94.0 Å². The Morgan fingerprint density at radius 3 is 2.54 bits per heavy atom. The summed E-state index contributed by atoms with van der Waals surface area (Å²) in [7, 11) is 0. The molecule has 186 valence electrons. The van der Waals surface area contributed by atoms with Crippen LogP contribution in [-0.2, 0) is 27.0 Å². The average Bonchev–Trinajstić information content (AvgIpc) is 3.62. The van der Waals surface area contributed by atoms with E-state index >= 15 is 0 Å². The zero-order chi connectivity index (χ0) is 25.5. The Morgan fingerprint density at radius 2 is 1.73 bits per heavy atom. The minimum atomic E-state index is -1.45. The molecule has 3 aromatic carbocycles. The van der Waals surface area contributed by atoms with E-state index in [2.05, 4.69) is 22.5 Å². The van der Waals surface area contributed by atoms with Gasteiger partial charge in [0.15, 0.2) is 5.78 Å². The first-order chi connectivity index (χ1) is 18.0. The van der Waals surface area contributed by atoms with Gasteiger partial charge in [0, 0.05) is 28.5 Å². The number of anilines is 2. The monoisotopic (exact) mass is 511 g/mol. The number of carbonyl (C=O) groups is 3. The van der Waals surface area contributed by atoms with Gasteiger partial charge in [0.1, 0.15) is 11.0 Å². The first kappa shape index (κ1) is 22.7. The number of Topliss-reactive ketones (excluding diaryl/α,β-unsaturated/α-hetero) is 1. The molecule has 2 amide bonds. The van der Waals surface area contributed by atoms with Gasteiger partial charge in [-0.3, -0.25) is 19.3 Å². The third-order valence-electron chi connectivity index (χ3n) is 9.02. The van der Waals surface area contributed by atoms with Gasteiger partial charge in [-0.25, -0.2) is 0 Å². The Bertz CT molecular complexity index is 1520. The van der Waals surface area contributed by atoms with Crippen molar-refractivity contribution in [2.24, 2.45) is 5.92 Å². The summed E-state index contributed by atoms with van der Waals surface area (Å²) in [6, 6.07) is 20.1. The lowest BCUT2D eigenvalue weighted by atomic mass is 9.57. The summed E-state index contributed by atoms with van der Waals surface area (Å²) in [5.74, 6) is -1.53. The number of rotatable bonds is 3. The molecule has 0 aliphatic carbocycles. The largest absolute Gasteiger partial charge is 0.325 e. The molecule has 4 atom stereocenters. The molecule has 0 radical (unpaired) electrons. The van der Waals surface area contributed by atoms with Gasteiger partial charge in [0.05, 0.1) is 10.9 Å². The Kier molecular flexibility index (Phi) is 4.76. The first-order valence-corrected chi connectivity index (χ1v) is 13.3. The summed E-state index contributed by atoms with van der Waals surface area (Å²) in [6.07, 6.45) is 2.30. The number of amides is 2. The predicted molar refractivity (Wildman–Crippen MR) is 142 cm³/mol. The van der Waals surface area contributed by atoms with Gasteiger partial charge < -0.3 is 10.6 Å². The Morgan fingerprint density at radius 1 is 0.973 bits per heavy atom. The van der Waals surface area contributed by atoms with Crippen LogP contribution in [0.1, 0.15) is 46.8 Å². The Balaban J connectivity index is 1.61. The lowest BCUT2D eigenvalue weighted by molar-refractivity contribution is -0.137. The van der Waals surface area contributed by atoms with Crippen molar-refractivity contribution in [1.29, 1.82) is 0 Å². The van der Waals surface area contributed by atoms with Crippen LogP contribution in [0.5, 0.6) is 0 Å². The van der Waals surface area contributed by atoms with E-state index in [1.807, 2.05) is 42.5 Å². The fourth-order valence-electron chi connectivity index (χ4n) is 7.79. The molecule has 0 bridgehead atoms. The second kappa shape index (κ2) is 7.76. The van der Waals surface area contributed by atoms with Crippen molar-refractivity contribution in [3.8, 4) is 0 Å². The molecule has 6 nitrogen and oxygen atoms in total. The summed E-state index contributed by atoms with van der Waals surface area (Å²) in [4.78, 5) is 45.7. The van der Waals surface area contributed by atoms with Crippen molar-refractivity contribution in [3.63, 3.8) is 0 Å². The molecule has 2 N–H and O–H groups in total. The summed E-state index contributed by atoms with van der Waals surface area (Å²) in [5, 5.41) is 6.60. The Labute approximate surface area is 220 Å². The van der Waals surface area contributed by atoms with Crippen molar-refractivity contribution in [2.75, 3.05) is 17.2 Å². The highest BCUT2D eigenvalue weighted by Crippen LogP contribution is 2.68. The van der Waals surface area contributed by atoms with Gasteiger partial charge in [-0.05, 0) is 55.1 Å². The molecular weight excluding hydrogens is 486 g/mol. The number of carbonyl (C=O) groups excluding carboxylic acids is 3. The van der Waals surface area contributed by atoms with Crippen molar-refractivity contribution < 1.29 is 14.4 Å². The number of fused-ring (bicyclic) bond motifs is 7. The van der Waals surface area contributed by atoms with E-state index in [1.165, 1.54) is 0 Å². The van der Waals surface area contributed by atoms with E-state index in [0.29, 0.717) is 28.4 Å². The number of ketones is 1. The maximum Gasteiger partial charge on any atom is 0.251 e. The van der Waals surface area contributed by atoms with Gasteiger partial charge in [0.25, 0.3) is 5.91 Å². The highest BCUT2D eigenvalue weighted by Gasteiger charge is 2.81. The molecule has 4 heterocycles. The molecule has 0 aromatic heterocycles. The van der Waals surface area contributed by atoms with Crippen molar-refractivity contribution >= 4 is 40.6 Å². The average molecular weight is 512 g/mol. The topological polar surface area (TPSA) is 78.5 Å². The van der Waals surface area contributed by atoms with E-state index in [0.717, 1.165) is 36.1 Å². The lowest BCUT2D eigenvalue weighted by Crippen LogP contribution is -2.62. The van der Waals surface area contributed by atoms with Crippen LogP contribution in [0.2, 0.25) is 5.02 Å². The number of halogens is 1. The van der Waals surface area contributed by atoms with Crippen molar-refractivity contribution in [2.45, 2.75) is 43.2 Å². The molecule has 7 rings (SSSR count). The lowest BCUT2D eigenvalue weighted by Gasteiger charge is -2.43. The number of benzene rings is 3. The smallest absolute Gasteiger partial charge is 0.251 e. The SMILES string of the molecule is CCc1cccc2c1NC(=O)[C@]21N2CCC[C@H]2[C@@H](C(=O)c2ccccc2Cl)[C@]12C(=O)Nc1ccccc12. The molecule has 2 fully saturated rings. The van der Waals surface area contributed by atoms with E-state index < -0.39 is 16.9 Å². The first-order valence-electron chi connectivity index (χ1n) is 12.9. The number of aryl methyl sites for hydroxylation is 1. The highest BCUT2D eigenvalue weighted by atomic mass is 35.5. The van der Waals surface area contributed by atoms with Crippen LogP contribution in [0, 0.1) is 5.92 Å². The summed E-state index contributed by atoms with van der Waals surface area (Å²) in [6.45, 7) is 2.68. The fraction of sp³-hybridized carbons (Fsp3) is 0.300. The number of hydrogen-bond acceptors (Lipinski definition) is 4. The second-order valence-electron chi connectivity index (χ2n) is 10.4. The second-order valence-corrected chi connectivity index (χ2v) is 10.8. The highest BCUT2D eigenvalue weighted by molar-refractivity contribution is 6.34. The third-order valence-corrected chi connectivity index (χ3v) is 9.35. The van der Waals surface area contributed by atoms with Gasteiger partial charge in [0.2, 0.25) is 5.91 Å². The van der Waals surface area contributed by atoms with Gasteiger partial charge >= 0.3 is 0 Å². The van der Waals surface area contributed by atoms with Crippen molar-refractivity contribution in [1.82, 2.24) is 4.90 Å².